The predicted molar refractivity (Wildman–Crippen MR) is 58.4 cm³/mol. The average Bonchev–Trinajstić information content (AvgIpc) is 2.27. The van der Waals surface area contributed by atoms with E-state index in [0.29, 0.717) is 0 Å². The number of fused-ring (bicyclic) bond motifs is 2. The first kappa shape index (κ1) is 10.3. The topological polar surface area (TPSA) is 55.8 Å². The lowest BCUT2D eigenvalue weighted by molar-refractivity contribution is -0.131. The normalized spacial score (nSPS) is 13.8. The van der Waals surface area contributed by atoms with Crippen molar-refractivity contribution in [3.63, 3.8) is 0 Å². The third-order valence-electron chi connectivity index (χ3n) is 2.05. The Kier molecular flexibility index (Phi) is 2.91. The summed E-state index contributed by atoms with van der Waals surface area (Å²) in [4.78, 5) is 10.2. The van der Waals surface area contributed by atoms with Crippen LogP contribution < -0.4 is 9.47 Å². The second-order valence-electron chi connectivity index (χ2n) is 3.16. The maximum Gasteiger partial charge on any atom is 0.328 e. The summed E-state index contributed by atoms with van der Waals surface area (Å²) in [6.07, 6.45) is 5.96. The lowest BCUT2D eigenvalue weighted by atomic mass is 10.1. The molecule has 0 fully saturated rings. The molecule has 1 heterocycles. The number of ether oxygens (including phenoxy) is 2. The van der Waals surface area contributed by atoms with E-state index in [0.717, 1.165) is 23.1 Å². The molecule has 0 atom stereocenters. The molecule has 0 amide bonds. The molecule has 16 heavy (non-hydrogen) atoms. The lowest BCUT2D eigenvalue weighted by Crippen LogP contribution is -2.10. The van der Waals surface area contributed by atoms with Crippen molar-refractivity contribution in [2.75, 3.05) is 6.79 Å². The van der Waals surface area contributed by atoms with Crippen LogP contribution in [-0.2, 0) is 4.79 Å². The molecular formula is C12H10O4. The van der Waals surface area contributed by atoms with Gasteiger partial charge in [-0.15, -0.1) is 0 Å². The highest BCUT2D eigenvalue weighted by Gasteiger charge is 2.08. The molecule has 0 aromatic heterocycles. The first-order valence-corrected chi connectivity index (χ1v) is 4.73. The minimum absolute atomic E-state index is 0.216. The van der Waals surface area contributed by atoms with Gasteiger partial charge in [-0.2, -0.15) is 0 Å². The van der Waals surface area contributed by atoms with Crippen molar-refractivity contribution in [3.05, 3.63) is 42.0 Å². The summed E-state index contributed by atoms with van der Waals surface area (Å²) >= 11 is 0. The summed E-state index contributed by atoms with van der Waals surface area (Å²) < 4.78 is 10.4. The van der Waals surface area contributed by atoms with E-state index >= 15 is 0 Å². The SMILES string of the molecule is O=C(O)/C=C/C=C/c1ccc2cc1OCO2. The quantitative estimate of drug-likeness (QED) is 0.623. The molecule has 1 aromatic rings. The van der Waals surface area contributed by atoms with Crippen molar-refractivity contribution in [1.29, 1.82) is 0 Å². The second-order valence-corrected chi connectivity index (χ2v) is 3.16. The molecule has 82 valence electrons. The minimum Gasteiger partial charge on any atom is -0.478 e. The van der Waals surface area contributed by atoms with Crippen LogP contribution in [0.25, 0.3) is 6.08 Å². The van der Waals surface area contributed by atoms with Crippen LogP contribution in [0.15, 0.2) is 36.4 Å². The summed E-state index contributed by atoms with van der Waals surface area (Å²) in [6, 6.07) is 5.49. The van der Waals surface area contributed by atoms with Gasteiger partial charge < -0.3 is 14.6 Å². The first-order chi connectivity index (χ1) is 7.75. The van der Waals surface area contributed by atoms with Crippen molar-refractivity contribution in [1.82, 2.24) is 0 Å². The smallest absolute Gasteiger partial charge is 0.328 e. The Hall–Kier alpha value is -2.23. The Bertz CT molecular complexity index is 460. The zero-order valence-electron chi connectivity index (χ0n) is 8.42. The van der Waals surface area contributed by atoms with E-state index in [1.807, 2.05) is 12.1 Å². The van der Waals surface area contributed by atoms with Gasteiger partial charge in [-0.3, -0.25) is 0 Å². The zero-order chi connectivity index (χ0) is 11.4. The zero-order valence-corrected chi connectivity index (χ0v) is 8.42. The predicted octanol–water partition coefficient (Wildman–Crippen LogP) is 2.07. The molecule has 0 aliphatic carbocycles. The number of aliphatic carboxylic acids is 1. The number of benzene rings is 1. The number of carboxylic acids is 1. The molecule has 1 N–H and O–H groups in total. The van der Waals surface area contributed by atoms with E-state index in [4.69, 9.17) is 14.6 Å². The van der Waals surface area contributed by atoms with Crippen LogP contribution in [0.5, 0.6) is 11.5 Å². The summed E-state index contributed by atoms with van der Waals surface area (Å²) in [5, 5.41) is 8.40. The van der Waals surface area contributed by atoms with Gasteiger partial charge in [-0.05, 0) is 12.1 Å². The highest BCUT2D eigenvalue weighted by atomic mass is 16.7. The first-order valence-electron chi connectivity index (χ1n) is 4.73. The second kappa shape index (κ2) is 4.53. The van der Waals surface area contributed by atoms with Crippen molar-refractivity contribution < 1.29 is 19.4 Å². The number of allylic oxidation sites excluding steroid dienone is 2. The fourth-order valence-electron chi connectivity index (χ4n) is 1.33. The molecule has 1 aliphatic heterocycles. The Labute approximate surface area is 92.4 Å². The average molecular weight is 218 g/mol. The number of hydrogen-bond donors (Lipinski definition) is 1. The Balaban J connectivity index is 2.13. The number of carbonyl (C=O) groups is 1. The molecule has 0 radical (unpaired) electrons. The molecule has 0 unspecified atom stereocenters. The van der Waals surface area contributed by atoms with Crippen LogP contribution in [0.3, 0.4) is 0 Å². The fraction of sp³-hybridized carbons (Fsp3) is 0.0833. The van der Waals surface area contributed by atoms with Gasteiger partial charge in [0.15, 0.2) is 0 Å². The molecule has 0 saturated carbocycles. The van der Waals surface area contributed by atoms with E-state index in [2.05, 4.69) is 0 Å². The standard InChI is InChI=1S/C12H10O4/c13-12(14)4-2-1-3-9-5-6-10-7-11(9)16-8-15-10/h1-7H,8H2,(H,13,14)/b3-1+,4-2+. The summed E-state index contributed by atoms with van der Waals surface area (Å²) in [7, 11) is 0. The lowest BCUT2D eigenvalue weighted by Gasteiger charge is -2.17. The molecule has 0 spiro atoms. The van der Waals surface area contributed by atoms with E-state index < -0.39 is 5.97 Å². The molecule has 1 aliphatic rings. The van der Waals surface area contributed by atoms with Crippen LogP contribution in [-0.4, -0.2) is 17.9 Å². The van der Waals surface area contributed by atoms with Gasteiger partial charge in [-0.1, -0.05) is 18.2 Å². The van der Waals surface area contributed by atoms with Crippen LogP contribution >= 0.6 is 0 Å². The van der Waals surface area contributed by atoms with Gasteiger partial charge in [0.1, 0.15) is 11.5 Å². The maximum atomic E-state index is 10.2. The molecule has 2 bridgehead atoms. The molecule has 4 heteroatoms. The molecule has 4 nitrogen and oxygen atoms in total. The van der Waals surface area contributed by atoms with Gasteiger partial charge in [0.25, 0.3) is 0 Å². The Morgan fingerprint density at radius 2 is 2.19 bits per heavy atom. The van der Waals surface area contributed by atoms with Gasteiger partial charge in [0, 0.05) is 17.7 Å². The van der Waals surface area contributed by atoms with Gasteiger partial charge in [-0.25, -0.2) is 4.79 Å². The molecule has 1 aromatic carbocycles. The molecule has 2 rings (SSSR count). The monoisotopic (exact) mass is 218 g/mol. The van der Waals surface area contributed by atoms with E-state index in [1.54, 1.807) is 18.2 Å². The van der Waals surface area contributed by atoms with Gasteiger partial charge in [0.2, 0.25) is 6.79 Å². The van der Waals surface area contributed by atoms with Crippen LogP contribution in [0, 0.1) is 0 Å². The maximum absolute atomic E-state index is 10.2. The number of carboxylic acid groups (broad SMARTS) is 1. The third-order valence-corrected chi connectivity index (χ3v) is 2.05. The van der Waals surface area contributed by atoms with Gasteiger partial charge >= 0.3 is 5.97 Å². The highest BCUT2D eigenvalue weighted by molar-refractivity contribution is 5.80. The van der Waals surface area contributed by atoms with Crippen molar-refractivity contribution in [3.8, 4) is 11.5 Å². The molecular weight excluding hydrogens is 208 g/mol. The summed E-state index contributed by atoms with van der Waals surface area (Å²) in [5.41, 5.74) is 0.891. The van der Waals surface area contributed by atoms with Crippen molar-refractivity contribution >= 4 is 12.0 Å². The van der Waals surface area contributed by atoms with Gasteiger partial charge in [0.05, 0.1) is 0 Å². The Morgan fingerprint density at radius 1 is 1.31 bits per heavy atom. The summed E-state index contributed by atoms with van der Waals surface area (Å²) in [6.45, 7) is 0.216. The highest BCUT2D eigenvalue weighted by Crippen LogP contribution is 2.29. The Morgan fingerprint density at radius 3 is 3.00 bits per heavy atom. The van der Waals surface area contributed by atoms with E-state index in [1.165, 1.54) is 6.08 Å². The number of rotatable bonds is 3. The minimum atomic E-state index is -0.967. The fourth-order valence-corrected chi connectivity index (χ4v) is 1.33. The summed E-state index contributed by atoms with van der Waals surface area (Å²) in [5.74, 6) is 0.550. The van der Waals surface area contributed by atoms with E-state index in [-0.39, 0.29) is 6.79 Å². The number of hydrogen-bond acceptors (Lipinski definition) is 3. The van der Waals surface area contributed by atoms with Crippen LogP contribution in [0.4, 0.5) is 0 Å². The largest absolute Gasteiger partial charge is 0.478 e. The van der Waals surface area contributed by atoms with Crippen LogP contribution in [0.1, 0.15) is 5.56 Å². The third kappa shape index (κ3) is 2.42. The van der Waals surface area contributed by atoms with Crippen molar-refractivity contribution in [2.24, 2.45) is 0 Å². The van der Waals surface area contributed by atoms with Crippen molar-refractivity contribution in [2.45, 2.75) is 0 Å². The van der Waals surface area contributed by atoms with E-state index in [9.17, 15) is 4.79 Å². The van der Waals surface area contributed by atoms with Crippen LogP contribution in [0.2, 0.25) is 0 Å². The molecule has 0 saturated heterocycles.